The first kappa shape index (κ1) is 18.0. The van der Waals surface area contributed by atoms with Crippen molar-refractivity contribution in [3.05, 3.63) is 24.3 Å². The zero-order valence-corrected chi connectivity index (χ0v) is 15.7. The van der Waals surface area contributed by atoms with Crippen molar-refractivity contribution in [2.24, 2.45) is 5.92 Å². The van der Waals surface area contributed by atoms with Crippen molar-refractivity contribution in [3.8, 4) is 0 Å². The maximum Gasteiger partial charge on any atom is 0.226 e. The molecule has 0 atom stereocenters. The van der Waals surface area contributed by atoms with Gasteiger partial charge in [0.1, 0.15) is 0 Å². The zero-order valence-electron chi connectivity index (χ0n) is 15.7. The predicted molar refractivity (Wildman–Crippen MR) is 105 cm³/mol. The quantitative estimate of drug-likeness (QED) is 0.730. The fraction of sp³-hybridized carbons (Fsp3) is 0.571. The molecule has 1 aromatic carbocycles. The number of para-hydroxylation sites is 2. The molecule has 6 nitrogen and oxygen atoms in total. The van der Waals surface area contributed by atoms with E-state index in [-0.39, 0.29) is 17.7 Å². The van der Waals surface area contributed by atoms with Crippen molar-refractivity contribution in [1.29, 1.82) is 0 Å². The second kappa shape index (κ2) is 8.11. The predicted octanol–water partition coefficient (Wildman–Crippen LogP) is 3.79. The minimum atomic E-state index is -0.0389. The van der Waals surface area contributed by atoms with Crippen molar-refractivity contribution < 1.29 is 9.59 Å². The van der Waals surface area contributed by atoms with Crippen LogP contribution in [0.2, 0.25) is 0 Å². The van der Waals surface area contributed by atoms with E-state index in [2.05, 4.69) is 26.3 Å². The van der Waals surface area contributed by atoms with Crippen molar-refractivity contribution in [2.45, 2.75) is 63.8 Å². The molecule has 2 fully saturated rings. The SMILES string of the molecule is O=C(CCCNC(=O)C1CC1)Nc1nc2ccccc2n1C1CCCCC1. The minimum absolute atomic E-state index is 0.0389. The summed E-state index contributed by atoms with van der Waals surface area (Å²) in [7, 11) is 0. The fourth-order valence-corrected chi connectivity index (χ4v) is 3.98. The maximum atomic E-state index is 12.4. The van der Waals surface area contributed by atoms with Gasteiger partial charge < -0.3 is 9.88 Å². The molecule has 1 heterocycles. The van der Waals surface area contributed by atoms with Gasteiger partial charge in [0.15, 0.2) is 0 Å². The maximum absolute atomic E-state index is 12.4. The van der Waals surface area contributed by atoms with E-state index in [4.69, 9.17) is 0 Å². The van der Waals surface area contributed by atoms with Crippen LogP contribution in [-0.2, 0) is 9.59 Å². The van der Waals surface area contributed by atoms with E-state index in [1.807, 2.05) is 18.2 Å². The molecule has 0 unspecified atom stereocenters. The third-order valence-electron chi connectivity index (χ3n) is 5.61. The van der Waals surface area contributed by atoms with Gasteiger partial charge in [-0.2, -0.15) is 0 Å². The number of hydrogen-bond donors (Lipinski definition) is 2. The average molecular weight is 368 g/mol. The molecule has 2 aliphatic carbocycles. The van der Waals surface area contributed by atoms with E-state index in [0.29, 0.717) is 31.4 Å². The summed E-state index contributed by atoms with van der Waals surface area (Å²) in [5.41, 5.74) is 2.02. The third kappa shape index (κ3) is 4.31. The zero-order chi connectivity index (χ0) is 18.6. The highest BCUT2D eigenvalue weighted by Crippen LogP contribution is 2.34. The van der Waals surface area contributed by atoms with Crippen molar-refractivity contribution >= 4 is 28.8 Å². The summed E-state index contributed by atoms with van der Waals surface area (Å²) in [4.78, 5) is 28.8. The van der Waals surface area contributed by atoms with E-state index in [0.717, 1.165) is 36.7 Å². The first-order valence-corrected chi connectivity index (χ1v) is 10.3. The molecule has 144 valence electrons. The number of aromatic nitrogens is 2. The van der Waals surface area contributed by atoms with Crippen molar-refractivity contribution in [3.63, 3.8) is 0 Å². The van der Waals surface area contributed by atoms with E-state index in [1.54, 1.807) is 0 Å². The third-order valence-corrected chi connectivity index (χ3v) is 5.61. The molecule has 1 aromatic heterocycles. The Balaban J connectivity index is 1.39. The van der Waals surface area contributed by atoms with Crippen LogP contribution in [0.25, 0.3) is 11.0 Å². The van der Waals surface area contributed by atoms with Gasteiger partial charge in [-0.3, -0.25) is 14.9 Å². The Morgan fingerprint density at radius 2 is 1.85 bits per heavy atom. The molecule has 27 heavy (non-hydrogen) atoms. The van der Waals surface area contributed by atoms with Crippen LogP contribution in [0.1, 0.15) is 63.8 Å². The molecule has 2 aliphatic rings. The summed E-state index contributed by atoms with van der Waals surface area (Å²) in [6.07, 6.45) is 9.06. The van der Waals surface area contributed by atoms with Crippen LogP contribution < -0.4 is 10.6 Å². The van der Waals surface area contributed by atoms with Crippen LogP contribution in [0.15, 0.2) is 24.3 Å². The summed E-state index contributed by atoms with van der Waals surface area (Å²) in [5, 5.41) is 5.93. The standard InChI is InChI=1S/C21H28N4O2/c26-19(11-6-14-22-20(27)15-12-13-15)24-21-23-17-9-4-5-10-18(17)25(21)16-7-2-1-3-8-16/h4-5,9-10,15-16H,1-3,6-8,11-14H2,(H,22,27)(H,23,24,26). The summed E-state index contributed by atoms with van der Waals surface area (Å²) >= 11 is 0. The number of imidazole rings is 1. The van der Waals surface area contributed by atoms with Gasteiger partial charge in [-0.15, -0.1) is 0 Å². The monoisotopic (exact) mass is 368 g/mol. The second-order valence-corrected chi connectivity index (χ2v) is 7.80. The van der Waals surface area contributed by atoms with Crippen LogP contribution in [0, 0.1) is 5.92 Å². The smallest absolute Gasteiger partial charge is 0.226 e. The summed E-state index contributed by atoms with van der Waals surface area (Å²) in [5.74, 6) is 0.974. The fourth-order valence-electron chi connectivity index (χ4n) is 3.98. The molecule has 2 amide bonds. The molecule has 2 saturated carbocycles. The van der Waals surface area contributed by atoms with Gasteiger partial charge in [-0.05, 0) is 44.2 Å². The molecule has 2 N–H and O–H groups in total. The number of carbonyl (C=O) groups excluding carboxylic acids is 2. The average Bonchev–Trinajstić information content (AvgIpc) is 3.47. The molecule has 4 rings (SSSR count). The van der Waals surface area contributed by atoms with Crippen LogP contribution in [0.5, 0.6) is 0 Å². The Morgan fingerprint density at radius 3 is 2.63 bits per heavy atom. The molecule has 0 aliphatic heterocycles. The number of rotatable bonds is 7. The molecular formula is C21H28N4O2. The summed E-state index contributed by atoms with van der Waals surface area (Å²) in [6, 6.07) is 8.49. The highest BCUT2D eigenvalue weighted by Gasteiger charge is 2.29. The topological polar surface area (TPSA) is 76.0 Å². The molecule has 0 bridgehead atoms. The van der Waals surface area contributed by atoms with Gasteiger partial charge >= 0.3 is 0 Å². The van der Waals surface area contributed by atoms with Crippen molar-refractivity contribution in [2.75, 3.05) is 11.9 Å². The van der Waals surface area contributed by atoms with Crippen LogP contribution in [-0.4, -0.2) is 27.9 Å². The minimum Gasteiger partial charge on any atom is -0.356 e. The van der Waals surface area contributed by atoms with Crippen molar-refractivity contribution in [1.82, 2.24) is 14.9 Å². The number of carbonyl (C=O) groups is 2. The van der Waals surface area contributed by atoms with Gasteiger partial charge in [-0.25, -0.2) is 4.98 Å². The first-order chi connectivity index (χ1) is 13.2. The van der Waals surface area contributed by atoms with Crippen LogP contribution in [0.4, 0.5) is 5.95 Å². The lowest BCUT2D eigenvalue weighted by molar-refractivity contribution is -0.122. The first-order valence-electron chi connectivity index (χ1n) is 10.3. The van der Waals surface area contributed by atoms with Gasteiger partial charge in [0.25, 0.3) is 0 Å². The second-order valence-electron chi connectivity index (χ2n) is 7.80. The largest absolute Gasteiger partial charge is 0.356 e. The van der Waals surface area contributed by atoms with Gasteiger partial charge in [0.05, 0.1) is 11.0 Å². The summed E-state index contributed by atoms with van der Waals surface area (Å²) < 4.78 is 2.22. The molecular weight excluding hydrogens is 340 g/mol. The molecule has 6 heteroatoms. The van der Waals surface area contributed by atoms with E-state index >= 15 is 0 Å². The number of fused-ring (bicyclic) bond motifs is 1. The van der Waals surface area contributed by atoms with Gasteiger partial charge in [0.2, 0.25) is 17.8 Å². The lowest BCUT2D eigenvalue weighted by Gasteiger charge is -2.25. The number of benzene rings is 1. The van der Waals surface area contributed by atoms with Crippen LogP contribution >= 0.6 is 0 Å². The van der Waals surface area contributed by atoms with E-state index in [9.17, 15) is 9.59 Å². The Labute approximate surface area is 159 Å². The number of hydrogen-bond acceptors (Lipinski definition) is 3. The highest BCUT2D eigenvalue weighted by molar-refractivity contribution is 5.91. The Kier molecular flexibility index (Phi) is 5.41. The molecule has 0 saturated heterocycles. The summed E-state index contributed by atoms with van der Waals surface area (Å²) in [6.45, 7) is 0.557. The molecule has 0 radical (unpaired) electrons. The number of nitrogens with one attached hydrogen (secondary N) is 2. The lowest BCUT2D eigenvalue weighted by Crippen LogP contribution is -2.27. The Morgan fingerprint density at radius 1 is 1.07 bits per heavy atom. The van der Waals surface area contributed by atoms with Gasteiger partial charge in [-0.1, -0.05) is 31.4 Å². The van der Waals surface area contributed by atoms with E-state index < -0.39 is 0 Å². The van der Waals surface area contributed by atoms with E-state index in [1.165, 1.54) is 19.3 Å². The normalized spacial score (nSPS) is 17.8. The Hall–Kier alpha value is -2.37. The van der Waals surface area contributed by atoms with Gasteiger partial charge in [0, 0.05) is 24.9 Å². The number of anilines is 1. The molecule has 0 spiro atoms. The molecule has 2 aromatic rings. The lowest BCUT2D eigenvalue weighted by atomic mass is 9.95. The highest BCUT2D eigenvalue weighted by atomic mass is 16.2. The number of amides is 2. The Bertz CT molecular complexity index is 819. The van der Waals surface area contributed by atoms with Crippen LogP contribution in [0.3, 0.4) is 0 Å². The number of nitrogens with zero attached hydrogens (tertiary/aromatic N) is 2.